The molecule has 8 heteroatoms. The molecular formula is C23H26ClNO5S. The van der Waals surface area contributed by atoms with Gasteiger partial charge in [-0.15, -0.1) is 0 Å². The Balaban J connectivity index is 2.44. The van der Waals surface area contributed by atoms with Gasteiger partial charge in [0.15, 0.2) is 6.61 Å². The minimum Gasteiger partial charge on any atom is -0.481 e. The molecule has 0 aromatic heterocycles. The van der Waals surface area contributed by atoms with Crippen LogP contribution in [0.5, 0.6) is 5.75 Å². The van der Waals surface area contributed by atoms with Crippen LogP contribution in [0.4, 0.5) is 0 Å². The van der Waals surface area contributed by atoms with E-state index >= 15 is 0 Å². The van der Waals surface area contributed by atoms with Crippen LogP contribution in [0.2, 0.25) is 5.02 Å². The van der Waals surface area contributed by atoms with Crippen LogP contribution in [-0.2, 0) is 14.8 Å². The van der Waals surface area contributed by atoms with Gasteiger partial charge in [0.1, 0.15) is 5.75 Å². The van der Waals surface area contributed by atoms with E-state index in [0.717, 1.165) is 18.4 Å². The Morgan fingerprint density at radius 1 is 1.06 bits per heavy atom. The predicted molar refractivity (Wildman–Crippen MR) is 121 cm³/mol. The first-order valence-electron chi connectivity index (χ1n) is 9.96. The number of rotatable bonds is 9. The number of hydrogen-bond donors (Lipinski definition) is 1. The summed E-state index contributed by atoms with van der Waals surface area (Å²) in [6.07, 6.45) is 1.46. The standard InChI is InChI=1S/C23H26ClNO5S/c1-4-12-25(13-5-2)31(28,29)21-10-6-17(3)18(15-21)7-8-19-14-20(24)9-11-22(19)30-16-23(26)27/h6,9-11,14-15H,4-5,12-13,16H2,1-3H3,(H,26,27). The smallest absolute Gasteiger partial charge is 0.341 e. The number of carbonyl (C=O) groups is 1. The number of halogens is 1. The summed E-state index contributed by atoms with van der Waals surface area (Å²) in [7, 11) is -3.63. The van der Waals surface area contributed by atoms with E-state index in [9.17, 15) is 13.2 Å². The summed E-state index contributed by atoms with van der Waals surface area (Å²) in [6, 6.07) is 9.60. The third-order valence-electron chi connectivity index (χ3n) is 4.42. The Hall–Kier alpha value is -2.53. The number of nitrogens with zero attached hydrogens (tertiary/aromatic N) is 1. The number of sulfonamides is 1. The van der Waals surface area contributed by atoms with E-state index < -0.39 is 22.6 Å². The van der Waals surface area contributed by atoms with Crippen LogP contribution in [0.1, 0.15) is 43.4 Å². The number of ether oxygens (including phenoxy) is 1. The molecule has 2 rings (SSSR count). The maximum Gasteiger partial charge on any atom is 0.341 e. The highest BCUT2D eigenvalue weighted by atomic mass is 35.5. The molecule has 6 nitrogen and oxygen atoms in total. The van der Waals surface area contributed by atoms with Gasteiger partial charge >= 0.3 is 5.97 Å². The van der Waals surface area contributed by atoms with Gasteiger partial charge in [-0.05, 0) is 55.7 Å². The molecule has 0 unspecified atom stereocenters. The fourth-order valence-corrected chi connectivity index (χ4v) is 4.72. The lowest BCUT2D eigenvalue weighted by Gasteiger charge is -2.21. The second-order valence-corrected chi connectivity index (χ2v) is 9.33. The van der Waals surface area contributed by atoms with Crippen molar-refractivity contribution in [2.24, 2.45) is 0 Å². The molecule has 2 aromatic rings. The molecule has 166 valence electrons. The SMILES string of the molecule is CCCN(CCC)S(=O)(=O)c1ccc(C)c(C#Cc2cc(Cl)ccc2OCC(=O)O)c1. The summed E-state index contributed by atoms with van der Waals surface area (Å²) in [4.78, 5) is 11.0. The number of benzene rings is 2. The lowest BCUT2D eigenvalue weighted by molar-refractivity contribution is -0.139. The van der Waals surface area contributed by atoms with Gasteiger partial charge in [0.2, 0.25) is 10.0 Å². The Bertz CT molecular complexity index is 1100. The molecule has 1 N–H and O–H groups in total. The molecule has 0 aliphatic carbocycles. The Morgan fingerprint density at radius 3 is 2.32 bits per heavy atom. The van der Waals surface area contributed by atoms with Gasteiger partial charge in [0.05, 0.1) is 10.5 Å². The molecule has 0 bridgehead atoms. The van der Waals surface area contributed by atoms with E-state index in [1.54, 1.807) is 36.4 Å². The van der Waals surface area contributed by atoms with Gasteiger partial charge in [-0.1, -0.05) is 43.4 Å². The Morgan fingerprint density at radius 2 is 1.71 bits per heavy atom. The van der Waals surface area contributed by atoms with Crippen LogP contribution in [0, 0.1) is 18.8 Å². The highest BCUT2D eigenvalue weighted by Gasteiger charge is 2.23. The lowest BCUT2D eigenvalue weighted by atomic mass is 10.1. The maximum absolute atomic E-state index is 13.1. The molecule has 0 saturated carbocycles. The fourth-order valence-electron chi connectivity index (χ4n) is 2.90. The minimum absolute atomic E-state index is 0.192. The maximum atomic E-state index is 13.1. The van der Waals surface area contributed by atoms with Crippen molar-refractivity contribution in [3.05, 3.63) is 58.1 Å². The third kappa shape index (κ3) is 6.73. The molecular weight excluding hydrogens is 438 g/mol. The largest absolute Gasteiger partial charge is 0.481 e. The highest BCUT2D eigenvalue weighted by molar-refractivity contribution is 7.89. The summed E-state index contributed by atoms with van der Waals surface area (Å²) in [5.74, 6) is 5.10. The van der Waals surface area contributed by atoms with Gasteiger partial charge in [-0.2, -0.15) is 4.31 Å². The van der Waals surface area contributed by atoms with Gasteiger partial charge in [0.25, 0.3) is 0 Å². The molecule has 0 aliphatic heterocycles. The van der Waals surface area contributed by atoms with Crippen LogP contribution in [-0.4, -0.2) is 43.5 Å². The van der Waals surface area contributed by atoms with E-state index in [4.69, 9.17) is 21.4 Å². The zero-order valence-corrected chi connectivity index (χ0v) is 19.4. The zero-order valence-electron chi connectivity index (χ0n) is 17.8. The zero-order chi connectivity index (χ0) is 23.0. The number of aryl methyl sites for hydroxylation is 1. The molecule has 0 fully saturated rings. The number of hydrogen-bond acceptors (Lipinski definition) is 4. The predicted octanol–water partition coefficient (Wildman–Crippen LogP) is 4.32. The quantitative estimate of drug-likeness (QED) is 0.560. The third-order valence-corrected chi connectivity index (χ3v) is 6.55. The highest BCUT2D eigenvalue weighted by Crippen LogP contribution is 2.23. The van der Waals surface area contributed by atoms with Gasteiger partial charge in [-0.3, -0.25) is 0 Å². The molecule has 0 radical (unpaired) electrons. The van der Waals surface area contributed by atoms with Crippen LogP contribution in [0.25, 0.3) is 0 Å². The van der Waals surface area contributed by atoms with E-state index in [2.05, 4.69) is 11.8 Å². The van der Waals surface area contributed by atoms with Crippen molar-refractivity contribution >= 4 is 27.6 Å². The van der Waals surface area contributed by atoms with Gasteiger partial charge in [-0.25, -0.2) is 13.2 Å². The van der Waals surface area contributed by atoms with E-state index in [-0.39, 0.29) is 10.6 Å². The van der Waals surface area contributed by atoms with Crippen molar-refractivity contribution in [3.63, 3.8) is 0 Å². The Labute approximate surface area is 188 Å². The van der Waals surface area contributed by atoms with Crippen molar-refractivity contribution in [1.29, 1.82) is 0 Å². The average Bonchev–Trinajstić information content (AvgIpc) is 2.72. The fraction of sp³-hybridized carbons (Fsp3) is 0.348. The molecule has 0 aliphatic rings. The molecule has 0 amide bonds. The number of aliphatic carboxylic acids is 1. The first-order chi connectivity index (χ1) is 14.7. The molecule has 0 atom stereocenters. The molecule has 0 spiro atoms. The van der Waals surface area contributed by atoms with Crippen LogP contribution in [0.15, 0.2) is 41.3 Å². The summed E-state index contributed by atoms with van der Waals surface area (Å²) in [6.45, 7) is 6.14. The van der Waals surface area contributed by atoms with Crippen molar-refractivity contribution in [1.82, 2.24) is 4.31 Å². The first-order valence-corrected chi connectivity index (χ1v) is 11.8. The average molecular weight is 464 g/mol. The van der Waals surface area contributed by atoms with Crippen molar-refractivity contribution < 1.29 is 23.1 Å². The molecule has 0 heterocycles. The number of carboxylic acids is 1. The van der Waals surface area contributed by atoms with Crippen LogP contribution >= 0.6 is 11.6 Å². The summed E-state index contributed by atoms with van der Waals surface area (Å²) in [5, 5.41) is 9.27. The van der Waals surface area contributed by atoms with Gasteiger partial charge in [0, 0.05) is 23.7 Å². The monoisotopic (exact) mass is 463 g/mol. The summed E-state index contributed by atoms with van der Waals surface area (Å²) >= 11 is 6.05. The second-order valence-electron chi connectivity index (χ2n) is 6.95. The van der Waals surface area contributed by atoms with E-state index in [1.807, 2.05) is 20.8 Å². The second kappa shape index (κ2) is 11.2. The normalized spacial score (nSPS) is 11.1. The van der Waals surface area contributed by atoms with Crippen LogP contribution < -0.4 is 4.74 Å². The molecule has 2 aromatic carbocycles. The van der Waals surface area contributed by atoms with Crippen molar-refractivity contribution in [2.45, 2.75) is 38.5 Å². The van der Waals surface area contributed by atoms with E-state index in [1.165, 1.54) is 4.31 Å². The first kappa shape index (κ1) is 24.7. The molecule has 0 saturated heterocycles. The Kier molecular flexibility index (Phi) is 8.93. The van der Waals surface area contributed by atoms with Crippen LogP contribution in [0.3, 0.4) is 0 Å². The molecule has 31 heavy (non-hydrogen) atoms. The van der Waals surface area contributed by atoms with E-state index in [0.29, 0.717) is 29.2 Å². The number of carboxylic acid groups (broad SMARTS) is 1. The lowest BCUT2D eigenvalue weighted by Crippen LogP contribution is -2.32. The summed E-state index contributed by atoms with van der Waals surface area (Å²) < 4.78 is 32.9. The van der Waals surface area contributed by atoms with Gasteiger partial charge < -0.3 is 9.84 Å². The minimum atomic E-state index is -3.63. The topological polar surface area (TPSA) is 83.9 Å². The van der Waals surface area contributed by atoms with Crippen molar-refractivity contribution in [2.75, 3.05) is 19.7 Å². The summed E-state index contributed by atoms with van der Waals surface area (Å²) in [5.41, 5.74) is 1.79. The van der Waals surface area contributed by atoms with Crippen molar-refractivity contribution in [3.8, 4) is 17.6 Å².